The fourth-order valence-corrected chi connectivity index (χ4v) is 6.18. The number of phenolic OH excluding ortho intramolecular Hbond substituents is 1. The SMILES string of the molecule is CC(=O)c1cc(I)c(O)c2c1C[C@H]1C[C@H]3[C@H](N(C)C)C(O)=C(C(N)=O)C(=O)[C@@]3(O)C(O)=C1C2=O. The lowest BCUT2D eigenvalue weighted by molar-refractivity contribution is -0.148. The van der Waals surface area contributed by atoms with Gasteiger partial charge >= 0.3 is 0 Å². The maximum atomic E-state index is 13.5. The number of aromatic hydroxyl groups is 1. The van der Waals surface area contributed by atoms with Gasteiger partial charge in [-0.05, 0) is 74.0 Å². The first kappa shape index (κ1) is 24.4. The third-order valence-electron chi connectivity index (χ3n) is 7.06. The second-order valence-electron chi connectivity index (χ2n) is 9.13. The smallest absolute Gasteiger partial charge is 0.255 e. The molecular formula is C23H23IN2O8. The predicted molar refractivity (Wildman–Crippen MR) is 126 cm³/mol. The van der Waals surface area contributed by atoms with Gasteiger partial charge in [0.15, 0.2) is 17.2 Å². The molecule has 0 saturated heterocycles. The number of halogens is 1. The van der Waals surface area contributed by atoms with E-state index in [0.29, 0.717) is 5.56 Å². The number of primary amides is 1. The van der Waals surface area contributed by atoms with Crippen molar-refractivity contribution in [2.75, 3.05) is 14.1 Å². The van der Waals surface area contributed by atoms with Gasteiger partial charge in [0.2, 0.25) is 5.78 Å². The summed E-state index contributed by atoms with van der Waals surface area (Å²) in [6, 6.07) is 0.418. The van der Waals surface area contributed by atoms with Crippen LogP contribution in [0.2, 0.25) is 0 Å². The molecule has 0 aliphatic heterocycles. The van der Waals surface area contributed by atoms with Crippen LogP contribution in [0, 0.1) is 15.4 Å². The molecule has 3 aliphatic carbocycles. The van der Waals surface area contributed by atoms with Crippen molar-refractivity contribution in [3.8, 4) is 5.75 Å². The summed E-state index contributed by atoms with van der Waals surface area (Å²) in [5, 5.41) is 44.1. The number of allylic oxidation sites excluding steroid dienone is 1. The maximum Gasteiger partial charge on any atom is 0.255 e. The summed E-state index contributed by atoms with van der Waals surface area (Å²) in [5.41, 5.74) is 1.91. The third kappa shape index (κ3) is 3.06. The fourth-order valence-electron chi connectivity index (χ4n) is 5.60. The van der Waals surface area contributed by atoms with Crippen molar-refractivity contribution in [2.24, 2.45) is 17.6 Å². The van der Waals surface area contributed by atoms with Crippen LogP contribution in [-0.4, -0.2) is 74.3 Å². The number of nitrogens with zero attached hydrogens (tertiary/aromatic N) is 1. The van der Waals surface area contributed by atoms with Crippen molar-refractivity contribution in [1.82, 2.24) is 4.90 Å². The van der Waals surface area contributed by atoms with E-state index in [9.17, 15) is 39.6 Å². The molecule has 1 aromatic rings. The molecule has 0 bridgehead atoms. The minimum Gasteiger partial charge on any atom is -0.510 e. The van der Waals surface area contributed by atoms with Crippen LogP contribution in [0.1, 0.15) is 39.6 Å². The largest absolute Gasteiger partial charge is 0.510 e. The van der Waals surface area contributed by atoms with Gasteiger partial charge in [-0.25, -0.2) is 0 Å². The standard InChI is InChI=1S/C23H23IN2O8/c1-7(27)9-6-12(24)17(28)14-10(9)4-8-5-11-16(26(2)3)19(30)15(22(25)33)21(32)23(11,34)20(31)13(8)18(14)29/h6,8,11,16,28,30-31,34H,4-5H2,1-3H3,(H2,25,33)/t8-,11-,16-,23-/m0/s1. The zero-order chi connectivity index (χ0) is 25.4. The van der Waals surface area contributed by atoms with Crippen molar-refractivity contribution < 1.29 is 39.6 Å². The van der Waals surface area contributed by atoms with Crippen LogP contribution >= 0.6 is 22.6 Å². The number of fused-ring (bicyclic) bond motifs is 3. The second-order valence-corrected chi connectivity index (χ2v) is 10.3. The molecule has 0 fully saturated rings. The highest BCUT2D eigenvalue weighted by Gasteiger charge is 2.63. The molecule has 0 heterocycles. The Morgan fingerprint density at radius 2 is 1.82 bits per heavy atom. The number of amides is 1. The van der Waals surface area contributed by atoms with Crippen LogP contribution in [-0.2, 0) is 16.0 Å². The van der Waals surface area contributed by atoms with E-state index in [2.05, 4.69) is 0 Å². The van der Waals surface area contributed by atoms with Crippen LogP contribution in [0.15, 0.2) is 28.7 Å². The Bertz CT molecular complexity index is 1260. The summed E-state index contributed by atoms with van der Waals surface area (Å²) in [7, 11) is 3.11. The number of rotatable bonds is 3. The van der Waals surface area contributed by atoms with Gasteiger partial charge in [-0.15, -0.1) is 0 Å². The number of likely N-dealkylation sites (N-methyl/N-ethyl adjacent to an activating group) is 1. The number of nitrogens with two attached hydrogens (primary N) is 1. The first-order chi connectivity index (χ1) is 15.7. The molecule has 4 atom stereocenters. The Kier molecular flexibility index (Phi) is 5.65. The zero-order valence-corrected chi connectivity index (χ0v) is 20.7. The van der Waals surface area contributed by atoms with Crippen LogP contribution in [0.5, 0.6) is 5.75 Å². The molecule has 1 amide bonds. The summed E-state index contributed by atoms with van der Waals surface area (Å²) in [5.74, 6) is -7.46. The number of ketones is 3. The van der Waals surface area contributed by atoms with Crippen LogP contribution < -0.4 is 5.73 Å². The predicted octanol–water partition coefficient (Wildman–Crippen LogP) is 0.928. The fraction of sp³-hybridized carbons (Fsp3) is 0.391. The monoisotopic (exact) mass is 582 g/mol. The molecular weight excluding hydrogens is 559 g/mol. The van der Waals surface area contributed by atoms with Gasteiger partial charge in [-0.3, -0.25) is 24.1 Å². The number of benzene rings is 1. The lowest BCUT2D eigenvalue weighted by Gasteiger charge is -2.50. The first-order valence-electron chi connectivity index (χ1n) is 10.4. The highest BCUT2D eigenvalue weighted by atomic mass is 127. The van der Waals surface area contributed by atoms with E-state index in [4.69, 9.17) is 5.73 Å². The maximum absolute atomic E-state index is 13.5. The van der Waals surface area contributed by atoms with Crippen LogP contribution in [0.25, 0.3) is 0 Å². The summed E-state index contributed by atoms with van der Waals surface area (Å²) >= 11 is 1.78. The zero-order valence-electron chi connectivity index (χ0n) is 18.5. The number of aliphatic hydroxyl groups is 3. The van der Waals surface area contributed by atoms with Gasteiger partial charge < -0.3 is 26.2 Å². The number of phenols is 1. The van der Waals surface area contributed by atoms with Crippen LogP contribution in [0.4, 0.5) is 0 Å². The molecule has 1 aromatic carbocycles. The normalized spacial score (nSPS) is 28.6. The number of aliphatic hydroxyl groups excluding tert-OH is 2. The number of hydrogen-bond donors (Lipinski definition) is 5. The molecule has 0 spiro atoms. The Balaban J connectivity index is 2.00. The van der Waals surface area contributed by atoms with Gasteiger partial charge in [0, 0.05) is 17.1 Å². The summed E-state index contributed by atoms with van der Waals surface area (Å²) < 4.78 is 0.256. The number of carbonyl (C=O) groups is 4. The summed E-state index contributed by atoms with van der Waals surface area (Å²) in [4.78, 5) is 52.5. The lowest BCUT2D eigenvalue weighted by Crippen LogP contribution is -2.63. The van der Waals surface area contributed by atoms with Crippen LogP contribution in [0.3, 0.4) is 0 Å². The van der Waals surface area contributed by atoms with E-state index in [1.807, 2.05) is 0 Å². The highest BCUT2D eigenvalue weighted by molar-refractivity contribution is 14.1. The highest BCUT2D eigenvalue weighted by Crippen LogP contribution is 2.52. The molecule has 3 aliphatic rings. The number of hydrogen-bond acceptors (Lipinski definition) is 9. The molecule has 0 aromatic heterocycles. The van der Waals surface area contributed by atoms with Crippen molar-refractivity contribution in [3.05, 3.63) is 49.0 Å². The van der Waals surface area contributed by atoms with Crippen molar-refractivity contribution in [2.45, 2.75) is 31.4 Å². The van der Waals surface area contributed by atoms with Crippen molar-refractivity contribution in [3.63, 3.8) is 0 Å². The van der Waals surface area contributed by atoms with Crippen molar-refractivity contribution in [1.29, 1.82) is 0 Å². The minimum atomic E-state index is -2.69. The Morgan fingerprint density at radius 1 is 1.21 bits per heavy atom. The van der Waals surface area contributed by atoms with E-state index < -0.39 is 58.0 Å². The number of Topliss-reactive ketones (excluding diaryl/α,β-unsaturated/α-hetero) is 3. The van der Waals surface area contributed by atoms with Gasteiger partial charge in [0.1, 0.15) is 22.8 Å². The molecule has 0 radical (unpaired) electrons. The van der Waals surface area contributed by atoms with Gasteiger partial charge in [0.05, 0.1) is 15.2 Å². The average molecular weight is 582 g/mol. The molecule has 10 nitrogen and oxygen atoms in total. The van der Waals surface area contributed by atoms with E-state index >= 15 is 0 Å². The molecule has 0 unspecified atom stereocenters. The van der Waals surface area contributed by atoms with Gasteiger partial charge in [-0.2, -0.15) is 0 Å². The second kappa shape index (κ2) is 7.89. The molecule has 4 rings (SSSR count). The first-order valence-corrected chi connectivity index (χ1v) is 11.5. The van der Waals surface area contributed by atoms with Crippen molar-refractivity contribution >= 4 is 45.8 Å². The van der Waals surface area contributed by atoms with Gasteiger partial charge in [0.25, 0.3) is 5.91 Å². The van der Waals surface area contributed by atoms with E-state index in [-0.39, 0.29) is 44.6 Å². The van der Waals surface area contributed by atoms with E-state index in [1.54, 1.807) is 36.7 Å². The molecule has 34 heavy (non-hydrogen) atoms. The molecule has 180 valence electrons. The van der Waals surface area contributed by atoms with Gasteiger partial charge in [-0.1, -0.05) is 0 Å². The quantitative estimate of drug-likeness (QED) is 0.197. The molecule has 11 heteroatoms. The Labute approximate surface area is 207 Å². The summed E-state index contributed by atoms with van der Waals surface area (Å²) in [6.07, 6.45) is 0.0454. The molecule has 6 N–H and O–H groups in total. The Hall–Kier alpha value is -2.77. The number of carbonyl (C=O) groups excluding carboxylic acids is 4. The van der Waals surface area contributed by atoms with E-state index in [0.717, 1.165) is 0 Å². The third-order valence-corrected chi connectivity index (χ3v) is 7.88. The average Bonchev–Trinajstić information content (AvgIpc) is 2.72. The Morgan fingerprint density at radius 3 is 2.35 bits per heavy atom. The van der Waals surface area contributed by atoms with E-state index in [1.165, 1.54) is 17.9 Å². The molecule has 0 saturated carbocycles. The topological polar surface area (TPSA) is 178 Å². The summed E-state index contributed by atoms with van der Waals surface area (Å²) in [6.45, 7) is 1.34. The minimum absolute atomic E-state index is 0.0319. The lowest BCUT2D eigenvalue weighted by atomic mass is 9.58.